The summed E-state index contributed by atoms with van der Waals surface area (Å²) in [6.45, 7) is 6.13. The Kier molecular flexibility index (Phi) is 2.32. The molecule has 1 rings (SSSR count). The molecular weight excluding hydrogens is 172 g/mol. The molecule has 68 valence electrons. The van der Waals surface area contributed by atoms with Gasteiger partial charge in [-0.1, -0.05) is 11.8 Å². The van der Waals surface area contributed by atoms with Crippen molar-refractivity contribution in [2.45, 2.75) is 31.5 Å². The van der Waals surface area contributed by atoms with Crippen LogP contribution >= 0.6 is 11.8 Å². The average molecular weight is 186 g/mol. The Morgan fingerprint density at radius 3 is 2.25 bits per heavy atom. The molecule has 0 amide bonds. The van der Waals surface area contributed by atoms with Crippen LogP contribution in [0.25, 0.3) is 0 Å². The Morgan fingerprint density at radius 2 is 2.00 bits per heavy atom. The molecule has 0 fully saturated rings. The fourth-order valence-corrected chi connectivity index (χ4v) is 1.23. The molecular formula is C7H14N4S. The molecule has 0 aliphatic heterocycles. The highest BCUT2D eigenvalue weighted by atomic mass is 32.2. The zero-order valence-electron chi connectivity index (χ0n) is 7.83. The second kappa shape index (κ2) is 2.97. The number of nitrogens with two attached hydrogens (primary N) is 1. The van der Waals surface area contributed by atoms with Crippen molar-refractivity contribution in [3.05, 3.63) is 0 Å². The van der Waals surface area contributed by atoms with E-state index < -0.39 is 0 Å². The fraction of sp³-hybridized carbons (Fsp3) is 0.714. The van der Waals surface area contributed by atoms with Gasteiger partial charge < -0.3 is 5.73 Å². The molecule has 4 nitrogen and oxygen atoms in total. The van der Waals surface area contributed by atoms with E-state index >= 15 is 0 Å². The number of hydrogen-bond donors (Lipinski definition) is 1. The van der Waals surface area contributed by atoms with E-state index in [9.17, 15) is 0 Å². The Bertz CT molecular complexity index is 273. The molecule has 2 N–H and O–H groups in total. The topological polar surface area (TPSA) is 56.7 Å². The van der Waals surface area contributed by atoms with Gasteiger partial charge >= 0.3 is 0 Å². The van der Waals surface area contributed by atoms with Gasteiger partial charge in [-0.25, -0.2) is 4.68 Å². The van der Waals surface area contributed by atoms with Crippen molar-refractivity contribution in [3.63, 3.8) is 0 Å². The molecule has 1 aromatic rings. The normalized spacial score (nSPS) is 12.0. The van der Waals surface area contributed by atoms with E-state index in [1.807, 2.05) is 27.0 Å². The van der Waals surface area contributed by atoms with E-state index in [0.717, 1.165) is 5.16 Å². The van der Waals surface area contributed by atoms with E-state index in [4.69, 9.17) is 5.73 Å². The average Bonchev–Trinajstić information content (AvgIpc) is 2.29. The van der Waals surface area contributed by atoms with Crippen LogP contribution in [0.4, 0.5) is 5.95 Å². The van der Waals surface area contributed by atoms with Crippen molar-refractivity contribution >= 4 is 17.7 Å². The third-order valence-electron chi connectivity index (χ3n) is 1.43. The predicted molar refractivity (Wildman–Crippen MR) is 51.2 cm³/mol. The van der Waals surface area contributed by atoms with E-state index in [1.54, 1.807) is 4.68 Å². The van der Waals surface area contributed by atoms with Crippen molar-refractivity contribution in [1.82, 2.24) is 14.8 Å². The summed E-state index contributed by atoms with van der Waals surface area (Å²) < 4.78 is 1.73. The summed E-state index contributed by atoms with van der Waals surface area (Å²) in [6, 6.07) is 0. The van der Waals surface area contributed by atoms with E-state index in [1.165, 1.54) is 11.8 Å². The highest BCUT2D eigenvalue weighted by Gasteiger charge is 2.18. The van der Waals surface area contributed by atoms with Gasteiger partial charge in [-0.2, -0.15) is 4.98 Å². The van der Waals surface area contributed by atoms with Crippen LogP contribution in [0.1, 0.15) is 20.8 Å². The number of aromatic nitrogens is 3. The SMILES string of the molecule is CSc1nc(N)n(C(C)(C)C)n1. The van der Waals surface area contributed by atoms with Crippen LogP contribution in [-0.2, 0) is 5.54 Å². The summed E-state index contributed by atoms with van der Waals surface area (Å²) in [5.74, 6) is 0.479. The van der Waals surface area contributed by atoms with Gasteiger partial charge in [0.15, 0.2) is 0 Å². The van der Waals surface area contributed by atoms with Gasteiger partial charge in [-0.3, -0.25) is 0 Å². The van der Waals surface area contributed by atoms with Crippen LogP contribution in [0.15, 0.2) is 5.16 Å². The van der Waals surface area contributed by atoms with E-state index in [2.05, 4.69) is 10.1 Å². The molecule has 0 atom stereocenters. The number of hydrogen-bond acceptors (Lipinski definition) is 4. The predicted octanol–water partition coefficient (Wildman–Crippen LogP) is 1.34. The summed E-state index contributed by atoms with van der Waals surface area (Å²) >= 11 is 1.50. The highest BCUT2D eigenvalue weighted by Crippen LogP contribution is 2.19. The van der Waals surface area contributed by atoms with Gasteiger partial charge in [0.05, 0.1) is 5.54 Å². The minimum Gasteiger partial charge on any atom is -0.368 e. The van der Waals surface area contributed by atoms with E-state index in [0.29, 0.717) is 5.95 Å². The molecule has 12 heavy (non-hydrogen) atoms. The first kappa shape index (κ1) is 9.38. The van der Waals surface area contributed by atoms with Gasteiger partial charge in [-0.15, -0.1) is 5.10 Å². The minimum absolute atomic E-state index is 0.0922. The summed E-state index contributed by atoms with van der Waals surface area (Å²) in [7, 11) is 0. The lowest BCUT2D eigenvalue weighted by molar-refractivity contribution is 0.356. The van der Waals surface area contributed by atoms with E-state index in [-0.39, 0.29) is 5.54 Å². The van der Waals surface area contributed by atoms with Crippen molar-refractivity contribution in [2.75, 3.05) is 12.0 Å². The third-order valence-corrected chi connectivity index (χ3v) is 1.97. The minimum atomic E-state index is -0.0922. The first-order valence-corrected chi connectivity index (χ1v) is 4.94. The zero-order chi connectivity index (χ0) is 9.35. The first-order chi connectivity index (χ1) is 5.45. The molecule has 0 aromatic carbocycles. The smallest absolute Gasteiger partial charge is 0.219 e. The molecule has 0 saturated heterocycles. The van der Waals surface area contributed by atoms with Crippen LogP contribution in [0.5, 0.6) is 0 Å². The Hall–Kier alpha value is -0.710. The quantitative estimate of drug-likeness (QED) is 0.672. The molecule has 0 radical (unpaired) electrons. The van der Waals surface area contributed by atoms with Crippen LogP contribution < -0.4 is 5.73 Å². The Balaban J connectivity index is 3.08. The van der Waals surface area contributed by atoms with Crippen molar-refractivity contribution in [1.29, 1.82) is 0 Å². The summed E-state index contributed by atoms with van der Waals surface area (Å²) in [6.07, 6.45) is 1.93. The molecule has 0 spiro atoms. The fourth-order valence-electron chi connectivity index (χ4n) is 0.885. The monoisotopic (exact) mass is 186 g/mol. The summed E-state index contributed by atoms with van der Waals surface area (Å²) in [5, 5.41) is 4.97. The lowest BCUT2D eigenvalue weighted by atomic mass is 10.1. The lowest BCUT2D eigenvalue weighted by Crippen LogP contribution is -2.24. The van der Waals surface area contributed by atoms with Gasteiger partial charge in [0.2, 0.25) is 11.1 Å². The molecule has 1 heterocycles. The number of anilines is 1. The van der Waals surface area contributed by atoms with Crippen LogP contribution in [0, 0.1) is 0 Å². The summed E-state index contributed by atoms with van der Waals surface area (Å²) in [5.41, 5.74) is 5.59. The number of nitrogen functional groups attached to an aromatic ring is 1. The Morgan fingerprint density at radius 1 is 1.42 bits per heavy atom. The molecule has 5 heteroatoms. The number of thioether (sulfide) groups is 1. The van der Waals surface area contributed by atoms with Gasteiger partial charge in [0, 0.05) is 0 Å². The van der Waals surface area contributed by atoms with Crippen LogP contribution in [0.2, 0.25) is 0 Å². The second-order valence-corrected chi connectivity index (χ2v) is 4.31. The summed E-state index contributed by atoms with van der Waals surface area (Å²) in [4.78, 5) is 4.09. The lowest BCUT2D eigenvalue weighted by Gasteiger charge is -2.19. The van der Waals surface area contributed by atoms with Gasteiger partial charge in [-0.05, 0) is 27.0 Å². The number of nitrogens with zero attached hydrogens (tertiary/aromatic N) is 3. The molecule has 0 aliphatic rings. The van der Waals surface area contributed by atoms with Crippen molar-refractivity contribution in [3.8, 4) is 0 Å². The standard InChI is InChI=1S/C7H14N4S/c1-7(2,3)11-5(8)9-6(10-11)12-4/h1-4H3,(H2,8,9,10). The molecule has 0 aliphatic carbocycles. The molecule has 1 aromatic heterocycles. The van der Waals surface area contributed by atoms with Gasteiger partial charge in [0.25, 0.3) is 0 Å². The second-order valence-electron chi connectivity index (χ2n) is 3.54. The zero-order valence-corrected chi connectivity index (χ0v) is 8.64. The third kappa shape index (κ3) is 1.72. The molecule has 0 bridgehead atoms. The Labute approximate surface area is 76.5 Å². The maximum absolute atomic E-state index is 5.68. The maximum Gasteiger partial charge on any atom is 0.219 e. The van der Waals surface area contributed by atoms with Crippen LogP contribution in [0.3, 0.4) is 0 Å². The molecule has 0 unspecified atom stereocenters. The maximum atomic E-state index is 5.68. The molecule has 0 saturated carbocycles. The first-order valence-electron chi connectivity index (χ1n) is 3.72. The highest BCUT2D eigenvalue weighted by molar-refractivity contribution is 7.98. The van der Waals surface area contributed by atoms with Crippen molar-refractivity contribution < 1.29 is 0 Å². The number of rotatable bonds is 1. The largest absolute Gasteiger partial charge is 0.368 e. The van der Waals surface area contributed by atoms with Crippen molar-refractivity contribution in [2.24, 2.45) is 0 Å². The van der Waals surface area contributed by atoms with Crippen LogP contribution in [-0.4, -0.2) is 21.0 Å². The van der Waals surface area contributed by atoms with Gasteiger partial charge in [0.1, 0.15) is 0 Å².